The van der Waals surface area contributed by atoms with Crippen molar-refractivity contribution in [2.45, 2.75) is 0 Å². The predicted molar refractivity (Wildman–Crippen MR) is 1.37 cm³/mol. The van der Waals surface area contributed by atoms with Crippen LogP contribution in [0.4, 0.5) is 0 Å². The summed E-state index contributed by atoms with van der Waals surface area (Å²) in [5.74, 6) is 0. The minimum atomic E-state index is -5.62. The zero-order chi connectivity index (χ0) is 4.50. The van der Waals surface area contributed by atoms with E-state index in [9.17, 15) is 0 Å². The van der Waals surface area contributed by atoms with Gasteiger partial charge >= 0.3 is 46.5 Å². The van der Waals surface area contributed by atoms with E-state index in [4.69, 9.17) is 16.0 Å². The zero-order valence-corrected chi connectivity index (χ0v) is 4.75. The summed E-state index contributed by atoms with van der Waals surface area (Å²) in [6.07, 6.45) is 0. The number of hydrogen-bond donors (Lipinski definition) is 0. The Hall–Kier alpha value is 0.559. The van der Waals surface area contributed by atoms with Crippen LogP contribution in [-0.2, 0) is 38.1 Å². The van der Waals surface area contributed by atoms with Crippen molar-refractivity contribution >= 4 is 0 Å². The van der Waals surface area contributed by atoms with Crippen molar-refractivity contribution in [2.75, 3.05) is 0 Å². The van der Waals surface area contributed by atoms with Gasteiger partial charge in [-0.15, -0.1) is 0 Å². The molecule has 0 aromatic rings. The summed E-state index contributed by atoms with van der Waals surface area (Å²) in [5, 5.41) is 0. The van der Waals surface area contributed by atoms with Crippen molar-refractivity contribution in [1.82, 2.24) is 0 Å². The van der Waals surface area contributed by atoms with Gasteiger partial charge in [-0.05, 0) is 0 Å². The molecule has 0 saturated heterocycles. The average Bonchev–Trinajstić information content (AvgIpc) is 0.722. The molecule has 0 fully saturated rings. The first-order valence-electron chi connectivity index (χ1n) is 0.617. The Bertz CT molecular complexity index is 88.7. The fourth-order valence-corrected chi connectivity index (χ4v) is 0. The molecular weight excluding hydrogens is 174 g/mol. The minimum absolute atomic E-state index is 0. The summed E-state index contributed by atoms with van der Waals surface area (Å²) in [6, 6.07) is 0. The van der Waals surface area contributed by atoms with Gasteiger partial charge in [0.05, 0.1) is 0 Å². The third-order valence-corrected chi connectivity index (χ3v) is 0. The summed E-state index contributed by atoms with van der Waals surface area (Å²) in [4.78, 5) is 0. The topological polar surface area (TPSA) is 80.3 Å². The van der Waals surface area contributed by atoms with Crippen LogP contribution in [0.25, 0.3) is 0 Å². The maximum atomic E-state index is 8.58. The molecule has 38 valence electrons. The molecule has 0 amide bonds. The molecule has 0 N–H and O–H groups in total. The Morgan fingerprint density at radius 1 is 1.17 bits per heavy atom. The second kappa shape index (κ2) is 2.69. The van der Waals surface area contributed by atoms with Crippen LogP contribution in [0.15, 0.2) is 0 Å². The number of rotatable bonds is 0. The van der Waals surface area contributed by atoms with Gasteiger partial charge in [-0.3, -0.25) is 0 Å². The fourth-order valence-electron chi connectivity index (χ4n) is 0. The molecule has 0 spiro atoms. The molecule has 6 heavy (non-hydrogen) atoms. The summed E-state index contributed by atoms with van der Waals surface area (Å²) in [5.41, 5.74) is 0. The normalized spacial score (nSPS) is 9.67. The molecule has 0 heterocycles. The SMILES string of the molecule is [Mn+2].[O]=[Mn](=[O])([O-])[O-]. The molecule has 0 aromatic heterocycles. The summed E-state index contributed by atoms with van der Waals surface area (Å²) >= 11 is -5.62. The predicted octanol–water partition coefficient (Wildman–Crippen LogP) is -2.62. The molecule has 0 aromatic carbocycles. The molecule has 0 atom stereocenters. The monoisotopic (exact) mass is 174 g/mol. The van der Waals surface area contributed by atoms with Gasteiger partial charge in [0, 0.05) is 0 Å². The summed E-state index contributed by atoms with van der Waals surface area (Å²) < 4.78 is 34.3. The first kappa shape index (κ1) is 9.75. The fraction of sp³-hybridized carbons (Fsp3) is 0. The van der Waals surface area contributed by atoms with Crippen molar-refractivity contribution in [3.05, 3.63) is 0 Å². The molecular formula is Mn2O4. The molecule has 0 rings (SSSR count). The third-order valence-electron chi connectivity index (χ3n) is 0. The van der Waals surface area contributed by atoms with E-state index in [-0.39, 0.29) is 17.1 Å². The molecule has 1 radical (unpaired) electrons. The van der Waals surface area contributed by atoms with Crippen LogP contribution in [-0.4, -0.2) is 0 Å². The van der Waals surface area contributed by atoms with Gasteiger partial charge in [0.1, 0.15) is 0 Å². The van der Waals surface area contributed by atoms with Crippen LogP contribution in [0.2, 0.25) is 0 Å². The van der Waals surface area contributed by atoms with Gasteiger partial charge in [0.15, 0.2) is 0 Å². The second-order valence-electron chi connectivity index (χ2n) is 0.378. The molecule has 0 aliphatic carbocycles. The molecule has 0 saturated carbocycles. The van der Waals surface area contributed by atoms with Gasteiger partial charge in [-0.25, -0.2) is 0 Å². The quantitative estimate of drug-likeness (QED) is 0.376. The zero-order valence-electron chi connectivity index (χ0n) is 2.39. The van der Waals surface area contributed by atoms with Crippen molar-refractivity contribution in [1.29, 1.82) is 0 Å². The van der Waals surface area contributed by atoms with Crippen molar-refractivity contribution < 1.29 is 46.5 Å². The Kier molecular flexibility index (Phi) is 4.37. The Morgan fingerprint density at radius 2 is 1.17 bits per heavy atom. The maximum absolute atomic E-state index is 8.58. The molecule has 0 bridgehead atoms. The molecule has 4 nitrogen and oxygen atoms in total. The van der Waals surface area contributed by atoms with Gasteiger partial charge in [-0.1, -0.05) is 0 Å². The van der Waals surface area contributed by atoms with E-state index in [0.29, 0.717) is 0 Å². The van der Waals surface area contributed by atoms with Crippen LogP contribution < -0.4 is 8.38 Å². The summed E-state index contributed by atoms with van der Waals surface area (Å²) in [7, 11) is 0. The molecule has 6 heteroatoms. The van der Waals surface area contributed by atoms with Crippen molar-refractivity contribution in [3.8, 4) is 0 Å². The van der Waals surface area contributed by atoms with Crippen LogP contribution in [0, 0.1) is 0 Å². The molecule has 0 unspecified atom stereocenters. The van der Waals surface area contributed by atoms with E-state index in [0.717, 1.165) is 0 Å². The first-order valence-corrected chi connectivity index (χ1v) is 2.54. The molecule has 0 aliphatic rings. The van der Waals surface area contributed by atoms with E-state index >= 15 is 0 Å². The summed E-state index contributed by atoms with van der Waals surface area (Å²) in [6.45, 7) is 0. The van der Waals surface area contributed by atoms with E-state index < -0.39 is 13.4 Å². The standard InChI is InChI=1S/2Mn.4O/q;+2;;;2*-1. The second-order valence-corrected chi connectivity index (χ2v) is 1.56. The van der Waals surface area contributed by atoms with Crippen LogP contribution in [0.3, 0.4) is 0 Å². The van der Waals surface area contributed by atoms with E-state index in [1.807, 2.05) is 0 Å². The van der Waals surface area contributed by atoms with E-state index in [1.165, 1.54) is 0 Å². The molecule has 0 aliphatic heterocycles. The van der Waals surface area contributed by atoms with Gasteiger partial charge in [0.25, 0.3) is 0 Å². The Labute approximate surface area is 46.9 Å². The Balaban J connectivity index is 0. The van der Waals surface area contributed by atoms with Crippen LogP contribution in [0.1, 0.15) is 0 Å². The first-order chi connectivity index (χ1) is 2.00. The van der Waals surface area contributed by atoms with Gasteiger partial charge < -0.3 is 0 Å². The van der Waals surface area contributed by atoms with Crippen LogP contribution >= 0.6 is 0 Å². The van der Waals surface area contributed by atoms with E-state index in [1.54, 1.807) is 0 Å². The van der Waals surface area contributed by atoms with Gasteiger partial charge in [-0.2, -0.15) is 0 Å². The van der Waals surface area contributed by atoms with E-state index in [2.05, 4.69) is 0 Å². The van der Waals surface area contributed by atoms with Crippen molar-refractivity contribution in [3.63, 3.8) is 0 Å². The Morgan fingerprint density at radius 3 is 1.17 bits per heavy atom. The van der Waals surface area contributed by atoms with Crippen LogP contribution in [0.5, 0.6) is 0 Å². The average molecular weight is 174 g/mol. The van der Waals surface area contributed by atoms with Gasteiger partial charge in [0.2, 0.25) is 0 Å². The number of hydrogen-bond acceptors (Lipinski definition) is 4. The van der Waals surface area contributed by atoms with Crippen molar-refractivity contribution in [2.24, 2.45) is 0 Å². The third kappa shape index (κ3) is 185.